The zero-order valence-electron chi connectivity index (χ0n) is 15.0. The molecule has 162 valence electrons. The van der Waals surface area contributed by atoms with E-state index in [1.165, 1.54) is 6.07 Å². The van der Waals surface area contributed by atoms with Crippen LogP contribution in [-0.4, -0.2) is 25.7 Å². The fourth-order valence-electron chi connectivity index (χ4n) is 2.50. The van der Waals surface area contributed by atoms with Gasteiger partial charge in [0.1, 0.15) is 6.33 Å². The number of benzene rings is 1. The lowest BCUT2D eigenvalue weighted by Crippen LogP contribution is -2.14. The zero-order chi connectivity index (χ0) is 23.0. The summed E-state index contributed by atoms with van der Waals surface area (Å²) in [7, 11) is 0. The molecule has 0 aliphatic carbocycles. The van der Waals surface area contributed by atoms with Crippen molar-refractivity contribution in [2.45, 2.75) is 12.4 Å². The molecule has 0 atom stereocenters. The van der Waals surface area contributed by atoms with Gasteiger partial charge in [-0.3, -0.25) is 4.79 Å². The average molecular weight is 445 g/mol. The summed E-state index contributed by atoms with van der Waals surface area (Å²) in [5, 5.41) is 3.78. The summed E-state index contributed by atoms with van der Waals surface area (Å²) >= 11 is 0. The number of pyridine rings is 1. The Balaban J connectivity index is 2.06. The first kappa shape index (κ1) is 21.9. The summed E-state index contributed by atoms with van der Waals surface area (Å²) in [5.41, 5.74) is 1.56. The van der Waals surface area contributed by atoms with Crippen LogP contribution in [0, 0.1) is 5.95 Å². The molecule has 31 heavy (non-hydrogen) atoms. The van der Waals surface area contributed by atoms with Crippen molar-refractivity contribution in [3.05, 3.63) is 65.5 Å². The third-order valence-corrected chi connectivity index (χ3v) is 3.92. The number of amides is 1. The van der Waals surface area contributed by atoms with Crippen LogP contribution < -0.4 is 5.73 Å². The number of carbonyl (C=O) groups excluding carboxylic acids is 1. The van der Waals surface area contributed by atoms with E-state index >= 15 is 0 Å². The highest BCUT2D eigenvalue weighted by Gasteiger charge is 2.37. The summed E-state index contributed by atoms with van der Waals surface area (Å²) in [6.45, 7) is 0. The molecule has 3 rings (SSSR count). The summed E-state index contributed by atoms with van der Waals surface area (Å²) in [4.78, 5) is 18.8. The molecule has 0 unspecified atom stereocenters. The van der Waals surface area contributed by atoms with E-state index < -0.39 is 46.7 Å². The van der Waals surface area contributed by atoms with Gasteiger partial charge >= 0.3 is 12.4 Å². The first-order chi connectivity index (χ1) is 14.3. The van der Waals surface area contributed by atoms with Gasteiger partial charge < -0.3 is 5.73 Å². The quantitative estimate of drug-likeness (QED) is 0.374. The lowest BCUT2D eigenvalue weighted by molar-refractivity contribution is -0.143. The summed E-state index contributed by atoms with van der Waals surface area (Å²) < 4.78 is 92.0. The Morgan fingerprint density at radius 2 is 1.58 bits per heavy atom. The summed E-state index contributed by atoms with van der Waals surface area (Å²) in [5.74, 6) is -2.25. The van der Waals surface area contributed by atoms with Crippen molar-refractivity contribution >= 4 is 17.7 Å². The normalized spacial score (nSPS) is 12.8. The van der Waals surface area contributed by atoms with Gasteiger partial charge in [0.05, 0.1) is 16.7 Å². The monoisotopic (exact) mass is 445 g/mol. The molecule has 13 heteroatoms. The number of aromatic nitrogens is 4. The Morgan fingerprint density at radius 1 is 0.968 bits per heavy atom. The van der Waals surface area contributed by atoms with Crippen molar-refractivity contribution in [1.82, 2.24) is 19.7 Å². The Hall–Kier alpha value is -3.77. The van der Waals surface area contributed by atoms with Gasteiger partial charge in [-0.2, -0.15) is 30.7 Å². The van der Waals surface area contributed by atoms with Gasteiger partial charge in [0.2, 0.25) is 5.95 Å². The molecule has 2 N–H and O–H groups in total. The molecular formula is C18H10F7N5O. The molecule has 0 bridgehead atoms. The second kappa shape index (κ2) is 7.81. The zero-order valence-corrected chi connectivity index (χ0v) is 15.0. The number of nitrogens with two attached hydrogens (primary N) is 1. The molecular weight excluding hydrogens is 435 g/mol. The molecule has 0 aliphatic rings. The minimum absolute atomic E-state index is 0.0207. The maximum absolute atomic E-state index is 13.0. The maximum Gasteiger partial charge on any atom is 0.416 e. The fourth-order valence-corrected chi connectivity index (χ4v) is 2.50. The lowest BCUT2D eigenvalue weighted by Gasteiger charge is -2.13. The number of hydrogen-bond donors (Lipinski definition) is 1. The van der Waals surface area contributed by atoms with E-state index in [0.717, 1.165) is 29.5 Å². The summed E-state index contributed by atoms with van der Waals surface area (Å²) in [6.07, 6.45) is -7.10. The van der Waals surface area contributed by atoms with Gasteiger partial charge in [0.15, 0.2) is 5.82 Å². The second-order valence-electron chi connectivity index (χ2n) is 6.12. The predicted octanol–water partition coefficient (Wildman–Crippen LogP) is 4.00. The predicted molar refractivity (Wildman–Crippen MR) is 93.0 cm³/mol. The molecule has 1 aromatic carbocycles. The SMILES string of the molecule is NC(=O)/C(=C/n1cnc(-c2cc(C(F)(F)F)cc(C(F)(F)F)c2)n1)c1ccc(F)nc1. The third-order valence-electron chi connectivity index (χ3n) is 3.92. The molecule has 0 aliphatic heterocycles. The first-order valence-corrected chi connectivity index (χ1v) is 8.19. The number of hydrogen-bond acceptors (Lipinski definition) is 4. The smallest absolute Gasteiger partial charge is 0.366 e. The number of halogens is 7. The van der Waals surface area contributed by atoms with Crippen molar-refractivity contribution in [2.24, 2.45) is 5.73 Å². The Bertz CT molecular complexity index is 1120. The maximum atomic E-state index is 13.0. The van der Waals surface area contributed by atoms with Gasteiger partial charge in [-0.05, 0) is 30.3 Å². The molecule has 0 fully saturated rings. The second-order valence-corrected chi connectivity index (χ2v) is 6.12. The minimum atomic E-state index is -5.03. The van der Waals surface area contributed by atoms with Crippen LogP contribution in [0.15, 0.2) is 42.9 Å². The Morgan fingerprint density at radius 3 is 2.06 bits per heavy atom. The number of carbonyl (C=O) groups is 1. The molecule has 2 aromatic heterocycles. The highest BCUT2D eigenvalue weighted by Crippen LogP contribution is 2.38. The molecule has 1 amide bonds. The van der Waals surface area contributed by atoms with Gasteiger partial charge in [-0.25, -0.2) is 14.6 Å². The Labute approximate surface area is 168 Å². The number of alkyl halides is 6. The minimum Gasteiger partial charge on any atom is -0.366 e. The van der Waals surface area contributed by atoms with Crippen LogP contribution in [0.1, 0.15) is 16.7 Å². The van der Waals surface area contributed by atoms with Crippen LogP contribution in [0.3, 0.4) is 0 Å². The van der Waals surface area contributed by atoms with Crippen LogP contribution in [0.5, 0.6) is 0 Å². The number of nitrogens with zero attached hydrogens (tertiary/aromatic N) is 4. The molecule has 0 radical (unpaired) electrons. The van der Waals surface area contributed by atoms with Crippen LogP contribution in [0.4, 0.5) is 30.7 Å². The van der Waals surface area contributed by atoms with E-state index in [-0.39, 0.29) is 17.2 Å². The highest BCUT2D eigenvalue weighted by atomic mass is 19.4. The van der Waals surface area contributed by atoms with Crippen LogP contribution in [-0.2, 0) is 17.1 Å². The van der Waals surface area contributed by atoms with E-state index in [2.05, 4.69) is 15.1 Å². The molecule has 0 saturated carbocycles. The van der Waals surface area contributed by atoms with E-state index in [0.29, 0.717) is 12.1 Å². The van der Waals surface area contributed by atoms with Crippen LogP contribution in [0.2, 0.25) is 0 Å². The van der Waals surface area contributed by atoms with Crippen molar-refractivity contribution in [1.29, 1.82) is 0 Å². The first-order valence-electron chi connectivity index (χ1n) is 8.19. The fraction of sp³-hybridized carbons (Fsp3) is 0.111. The molecule has 0 spiro atoms. The van der Waals surface area contributed by atoms with Crippen molar-refractivity contribution in [3.8, 4) is 11.4 Å². The highest BCUT2D eigenvalue weighted by molar-refractivity contribution is 6.22. The molecule has 0 saturated heterocycles. The van der Waals surface area contributed by atoms with Gasteiger partial charge in [0, 0.05) is 23.5 Å². The number of rotatable bonds is 4. The van der Waals surface area contributed by atoms with E-state index in [9.17, 15) is 35.5 Å². The van der Waals surface area contributed by atoms with Crippen molar-refractivity contribution < 1.29 is 35.5 Å². The van der Waals surface area contributed by atoms with Crippen LogP contribution in [0.25, 0.3) is 23.2 Å². The van der Waals surface area contributed by atoms with Crippen molar-refractivity contribution in [2.75, 3.05) is 0 Å². The van der Waals surface area contributed by atoms with Gasteiger partial charge in [0.25, 0.3) is 5.91 Å². The standard InChI is InChI=1S/C18H10F7N5O/c19-14-2-1-9(6-27-14)13(15(26)31)7-30-8-28-16(29-30)10-3-11(17(20,21)22)5-12(4-10)18(23,24)25/h1-8H,(H2,26,31)/b13-7+. The molecule has 2 heterocycles. The largest absolute Gasteiger partial charge is 0.416 e. The average Bonchev–Trinajstić information content (AvgIpc) is 3.14. The van der Waals surface area contributed by atoms with E-state index in [1.54, 1.807) is 0 Å². The molecule has 3 aromatic rings. The lowest BCUT2D eigenvalue weighted by atomic mass is 10.0. The van der Waals surface area contributed by atoms with Crippen LogP contribution >= 0.6 is 0 Å². The van der Waals surface area contributed by atoms with E-state index in [1.807, 2.05) is 0 Å². The van der Waals surface area contributed by atoms with Gasteiger partial charge in [-0.1, -0.05) is 0 Å². The third kappa shape index (κ3) is 5.05. The molecule has 6 nitrogen and oxygen atoms in total. The topological polar surface area (TPSA) is 86.7 Å². The summed E-state index contributed by atoms with van der Waals surface area (Å²) in [6, 6.07) is 3.07. The Kier molecular flexibility index (Phi) is 5.53. The van der Waals surface area contributed by atoms with E-state index in [4.69, 9.17) is 5.73 Å². The van der Waals surface area contributed by atoms with Crippen molar-refractivity contribution in [3.63, 3.8) is 0 Å². The van der Waals surface area contributed by atoms with Gasteiger partial charge in [-0.15, -0.1) is 5.10 Å². The number of primary amides is 1.